The van der Waals surface area contributed by atoms with Gasteiger partial charge in [-0.05, 0) is 67.1 Å². The molecule has 1 aliphatic heterocycles. The summed E-state index contributed by atoms with van der Waals surface area (Å²) in [6, 6.07) is 11.5. The van der Waals surface area contributed by atoms with E-state index in [1.807, 2.05) is 23.2 Å². The molecule has 0 aliphatic carbocycles. The SMILES string of the molecule is COc1ccc(C(=O)N2CCCC(c3cc4c(C)c(OC)ccc4cn3)C2)cc1OC. The van der Waals surface area contributed by atoms with Gasteiger partial charge in [-0.15, -0.1) is 0 Å². The van der Waals surface area contributed by atoms with Gasteiger partial charge in [-0.25, -0.2) is 0 Å². The number of carbonyl (C=O) groups is 1. The third kappa shape index (κ3) is 4.02. The van der Waals surface area contributed by atoms with E-state index >= 15 is 0 Å². The van der Waals surface area contributed by atoms with Crippen LogP contribution in [0.3, 0.4) is 0 Å². The van der Waals surface area contributed by atoms with Crippen LogP contribution in [0.5, 0.6) is 17.2 Å². The van der Waals surface area contributed by atoms with Crippen LogP contribution in [0.2, 0.25) is 0 Å². The highest BCUT2D eigenvalue weighted by Crippen LogP contribution is 2.33. The number of aryl methyl sites for hydroxylation is 1. The molecule has 2 aromatic carbocycles. The van der Waals surface area contributed by atoms with Crippen molar-refractivity contribution in [3.05, 3.63) is 59.4 Å². The molecular formula is C25H28N2O4. The molecule has 6 heteroatoms. The molecule has 6 nitrogen and oxygen atoms in total. The van der Waals surface area contributed by atoms with E-state index in [4.69, 9.17) is 19.2 Å². The van der Waals surface area contributed by atoms with Crippen molar-refractivity contribution >= 4 is 16.7 Å². The van der Waals surface area contributed by atoms with E-state index in [-0.39, 0.29) is 11.8 Å². The third-order valence-electron chi connectivity index (χ3n) is 6.12. The fourth-order valence-electron chi connectivity index (χ4n) is 4.36. The van der Waals surface area contributed by atoms with Gasteiger partial charge in [-0.2, -0.15) is 0 Å². The molecule has 162 valence electrons. The molecule has 1 unspecified atom stereocenters. The number of pyridine rings is 1. The quantitative estimate of drug-likeness (QED) is 0.604. The van der Waals surface area contributed by atoms with E-state index in [1.54, 1.807) is 39.5 Å². The van der Waals surface area contributed by atoms with E-state index in [9.17, 15) is 4.79 Å². The van der Waals surface area contributed by atoms with E-state index in [1.165, 1.54) is 0 Å². The van der Waals surface area contributed by atoms with Gasteiger partial charge in [0.2, 0.25) is 0 Å². The monoisotopic (exact) mass is 420 g/mol. The summed E-state index contributed by atoms with van der Waals surface area (Å²) in [5.41, 5.74) is 2.73. The number of hydrogen-bond acceptors (Lipinski definition) is 5. The number of aromatic nitrogens is 1. The zero-order chi connectivity index (χ0) is 22.0. The number of benzene rings is 2. The molecule has 31 heavy (non-hydrogen) atoms. The summed E-state index contributed by atoms with van der Waals surface area (Å²) in [6.07, 6.45) is 3.88. The Hall–Kier alpha value is -3.28. The Labute approximate surface area is 182 Å². The molecule has 0 bridgehead atoms. The van der Waals surface area contributed by atoms with Crippen LogP contribution in [-0.2, 0) is 0 Å². The largest absolute Gasteiger partial charge is 0.496 e. The Bertz CT molecular complexity index is 1110. The molecule has 2 heterocycles. The van der Waals surface area contributed by atoms with Crippen molar-refractivity contribution in [1.82, 2.24) is 9.88 Å². The number of ether oxygens (including phenoxy) is 3. The summed E-state index contributed by atoms with van der Waals surface area (Å²) in [7, 11) is 4.85. The first-order valence-corrected chi connectivity index (χ1v) is 10.5. The van der Waals surface area contributed by atoms with Crippen molar-refractivity contribution < 1.29 is 19.0 Å². The van der Waals surface area contributed by atoms with Crippen LogP contribution in [-0.4, -0.2) is 50.2 Å². The van der Waals surface area contributed by atoms with Gasteiger partial charge in [0, 0.05) is 41.8 Å². The van der Waals surface area contributed by atoms with Crippen LogP contribution in [0.25, 0.3) is 10.8 Å². The number of amides is 1. The highest BCUT2D eigenvalue weighted by Gasteiger charge is 2.27. The van der Waals surface area contributed by atoms with Crippen LogP contribution in [0, 0.1) is 6.92 Å². The number of piperidine rings is 1. The Kier molecular flexibility index (Phi) is 5.98. The van der Waals surface area contributed by atoms with Gasteiger partial charge in [-0.1, -0.05) is 0 Å². The van der Waals surface area contributed by atoms with Gasteiger partial charge in [0.25, 0.3) is 5.91 Å². The van der Waals surface area contributed by atoms with Gasteiger partial charge in [0.05, 0.1) is 21.3 Å². The van der Waals surface area contributed by atoms with Crippen molar-refractivity contribution in [3.8, 4) is 17.2 Å². The molecule has 4 rings (SSSR count). The Morgan fingerprint density at radius 2 is 1.74 bits per heavy atom. The number of nitrogens with zero attached hydrogens (tertiary/aromatic N) is 2. The summed E-state index contributed by atoms with van der Waals surface area (Å²) in [6.45, 7) is 3.46. The first kappa shape index (κ1) is 21.0. The minimum Gasteiger partial charge on any atom is -0.496 e. The maximum Gasteiger partial charge on any atom is 0.254 e. The molecule has 0 spiro atoms. The maximum absolute atomic E-state index is 13.2. The second-order valence-corrected chi connectivity index (χ2v) is 7.88. The molecule has 0 N–H and O–H groups in total. The number of rotatable bonds is 5. The average Bonchev–Trinajstić information content (AvgIpc) is 2.83. The summed E-state index contributed by atoms with van der Waals surface area (Å²) < 4.78 is 16.1. The van der Waals surface area contributed by atoms with Crippen molar-refractivity contribution in [2.24, 2.45) is 0 Å². The van der Waals surface area contributed by atoms with Crippen molar-refractivity contribution in [2.75, 3.05) is 34.4 Å². The highest BCUT2D eigenvalue weighted by molar-refractivity contribution is 5.95. The lowest BCUT2D eigenvalue weighted by atomic mass is 9.92. The van der Waals surface area contributed by atoms with Crippen LogP contribution in [0.15, 0.2) is 42.6 Å². The minimum atomic E-state index is 0.00397. The standard InChI is InChI=1S/C25H28N2O4/c1-16-20-13-21(26-14-18(20)8-9-22(16)29-2)19-6-5-11-27(15-19)25(28)17-7-10-23(30-3)24(12-17)31-4/h7-10,12-14,19H,5-6,11,15H2,1-4H3. The smallest absolute Gasteiger partial charge is 0.254 e. The molecule has 0 saturated carbocycles. The van der Waals surface area contributed by atoms with E-state index in [2.05, 4.69) is 13.0 Å². The second-order valence-electron chi connectivity index (χ2n) is 7.88. The molecule has 1 amide bonds. The average molecular weight is 421 g/mol. The highest BCUT2D eigenvalue weighted by atomic mass is 16.5. The Balaban J connectivity index is 1.58. The molecule has 1 atom stereocenters. The predicted octanol–water partition coefficient (Wildman–Crippen LogP) is 4.59. The summed E-state index contributed by atoms with van der Waals surface area (Å²) in [5, 5.41) is 2.24. The number of likely N-dealkylation sites (tertiary alicyclic amines) is 1. The van der Waals surface area contributed by atoms with Gasteiger partial charge in [0.1, 0.15) is 5.75 Å². The topological polar surface area (TPSA) is 60.9 Å². The lowest BCUT2D eigenvalue weighted by Crippen LogP contribution is -2.39. The van der Waals surface area contributed by atoms with E-state index in [0.29, 0.717) is 23.6 Å². The van der Waals surface area contributed by atoms with Crippen molar-refractivity contribution in [1.29, 1.82) is 0 Å². The third-order valence-corrected chi connectivity index (χ3v) is 6.12. The summed E-state index contributed by atoms with van der Waals surface area (Å²) in [5.74, 6) is 2.25. The van der Waals surface area contributed by atoms with Crippen molar-refractivity contribution in [2.45, 2.75) is 25.7 Å². The number of methoxy groups -OCH3 is 3. The molecule has 1 saturated heterocycles. The molecule has 1 aliphatic rings. The Morgan fingerprint density at radius 3 is 2.48 bits per heavy atom. The van der Waals surface area contributed by atoms with Crippen LogP contribution >= 0.6 is 0 Å². The van der Waals surface area contributed by atoms with Crippen molar-refractivity contribution in [3.63, 3.8) is 0 Å². The summed E-state index contributed by atoms with van der Waals surface area (Å²) >= 11 is 0. The molecule has 0 radical (unpaired) electrons. The molecule has 3 aromatic rings. The van der Waals surface area contributed by atoms with Gasteiger partial charge in [-0.3, -0.25) is 9.78 Å². The number of fused-ring (bicyclic) bond motifs is 1. The van der Waals surface area contributed by atoms with Crippen LogP contribution in [0.1, 0.15) is 40.4 Å². The lowest BCUT2D eigenvalue weighted by Gasteiger charge is -2.33. The first-order chi connectivity index (χ1) is 15.0. The fourth-order valence-corrected chi connectivity index (χ4v) is 4.36. The predicted molar refractivity (Wildman–Crippen MR) is 120 cm³/mol. The van der Waals surface area contributed by atoms with Gasteiger partial charge in [0.15, 0.2) is 11.5 Å². The maximum atomic E-state index is 13.2. The zero-order valence-electron chi connectivity index (χ0n) is 18.5. The normalized spacial score (nSPS) is 16.3. The first-order valence-electron chi connectivity index (χ1n) is 10.5. The van der Waals surface area contributed by atoms with E-state index in [0.717, 1.165) is 47.2 Å². The van der Waals surface area contributed by atoms with Gasteiger partial charge >= 0.3 is 0 Å². The fraction of sp³-hybridized carbons (Fsp3) is 0.360. The molecule has 1 aromatic heterocycles. The molecular weight excluding hydrogens is 392 g/mol. The summed E-state index contributed by atoms with van der Waals surface area (Å²) in [4.78, 5) is 19.8. The van der Waals surface area contributed by atoms with Crippen LogP contribution in [0.4, 0.5) is 0 Å². The van der Waals surface area contributed by atoms with Gasteiger partial charge < -0.3 is 19.1 Å². The van der Waals surface area contributed by atoms with Crippen LogP contribution < -0.4 is 14.2 Å². The number of hydrogen-bond donors (Lipinski definition) is 0. The minimum absolute atomic E-state index is 0.00397. The number of carbonyl (C=O) groups excluding carboxylic acids is 1. The zero-order valence-corrected chi connectivity index (χ0v) is 18.5. The second kappa shape index (κ2) is 8.84. The lowest BCUT2D eigenvalue weighted by molar-refractivity contribution is 0.0705. The van der Waals surface area contributed by atoms with E-state index < -0.39 is 0 Å². The molecule has 1 fully saturated rings. The Morgan fingerprint density at radius 1 is 1.00 bits per heavy atom.